The largest absolute Gasteiger partial charge is 0.389 e. The van der Waals surface area contributed by atoms with Crippen molar-refractivity contribution in [1.29, 1.82) is 0 Å². The standard InChI is InChI=1S/C14H20N2O2S3/c1-14(2)10-16(6-7-20-14)21(17,18)9-11-4-3-5-12(8-11)13(15)19/h3-5,8H,6-7,9-10H2,1-2H3,(H2,15,19). The van der Waals surface area contributed by atoms with Crippen LogP contribution in [-0.2, 0) is 15.8 Å². The first-order chi connectivity index (χ1) is 9.70. The van der Waals surface area contributed by atoms with E-state index in [1.54, 1.807) is 28.6 Å². The van der Waals surface area contributed by atoms with Gasteiger partial charge in [-0.25, -0.2) is 8.42 Å². The van der Waals surface area contributed by atoms with Crippen LogP contribution in [0.2, 0.25) is 0 Å². The van der Waals surface area contributed by atoms with Gasteiger partial charge in [0.2, 0.25) is 10.0 Å². The minimum Gasteiger partial charge on any atom is -0.389 e. The third kappa shape index (κ3) is 4.42. The minimum absolute atomic E-state index is 0.00972. The average Bonchev–Trinajstić information content (AvgIpc) is 2.37. The zero-order valence-corrected chi connectivity index (χ0v) is 14.7. The van der Waals surface area contributed by atoms with Gasteiger partial charge < -0.3 is 5.73 Å². The second-order valence-electron chi connectivity index (χ2n) is 5.76. The molecule has 0 bridgehead atoms. The summed E-state index contributed by atoms with van der Waals surface area (Å²) >= 11 is 6.75. The maximum absolute atomic E-state index is 12.6. The number of nitrogens with zero attached hydrogens (tertiary/aromatic N) is 1. The molecule has 0 unspecified atom stereocenters. The predicted octanol–water partition coefficient (Wildman–Crippen LogP) is 1.98. The number of sulfonamides is 1. The average molecular weight is 345 g/mol. The molecular weight excluding hydrogens is 324 g/mol. The van der Waals surface area contributed by atoms with Crippen molar-refractivity contribution in [2.24, 2.45) is 5.73 Å². The molecule has 2 N–H and O–H groups in total. The Morgan fingerprint density at radius 3 is 2.81 bits per heavy atom. The van der Waals surface area contributed by atoms with Gasteiger partial charge in [-0.2, -0.15) is 16.1 Å². The highest BCUT2D eigenvalue weighted by Crippen LogP contribution is 2.31. The van der Waals surface area contributed by atoms with Gasteiger partial charge in [0.05, 0.1) is 5.75 Å². The van der Waals surface area contributed by atoms with E-state index in [9.17, 15) is 8.42 Å². The highest BCUT2D eigenvalue weighted by atomic mass is 32.2. The summed E-state index contributed by atoms with van der Waals surface area (Å²) in [5, 5.41) is 0. The summed E-state index contributed by atoms with van der Waals surface area (Å²) in [5.74, 6) is 0.823. The molecule has 7 heteroatoms. The molecule has 0 spiro atoms. The summed E-state index contributed by atoms with van der Waals surface area (Å²) in [6, 6.07) is 7.13. The maximum atomic E-state index is 12.6. The number of benzene rings is 1. The lowest BCUT2D eigenvalue weighted by Gasteiger charge is -2.36. The molecule has 0 aliphatic carbocycles. The van der Waals surface area contributed by atoms with Crippen molar-refractivity contribution in [1.82, 2.24) is 4.31 Å². The van der Waals surface area contributed by atoms with E-state index in [1.165, 1.54) is 0 Å². The van der Waals surface area contributed by atoms with Crippen LogP contribution in [0.5, 0.6) is 0 Å². The van der Waals surface area contributed by atoms with Crippen LogP contribution in [0.1, 0.15) is 25.0 Å². The van der Waals surface area contributed by atoms with Crippen LogP contribution in [0, 0.1) is 0 Å². The van der Waals surface area contributed by atoms with Gasteiger partial charge >= 0.3 is 0 Å². The Bertz CT molecular complexity index is 641. The molecule has 1 aliphatic rings. The van der Waals surface area contributed by atoms with E-state index >= 15 is 0 Å². The van der Waals surface area contributed by atoms with Crippen LogP contribution in [0.15, 0.2) is 24.3 Å². The van der Waals surface area contributed by atoms with Gasteiger partial charge in [-0.3, -0.25) is 0 Å². The maximum Gasteiger partial charge on any atom is 0.218 e. The van der Waals surface area contributed by atoms with Crippen LogP contribution in [0.3, 0.4) is 0 Å². The number of hydrogen-bond acceptors (Lipinski definition) is 4. The van der Waals surface area contributed by atoms with E-state index < -0.39 is 10.0 Å². The smallest absolute Gasteiger partial charge is 0.218 e. The van der Waals surface area contributed by atoms with E-state index in [-0.39, 0.29) is 15.5 Å². The zero-order chi connectivity index (χ0) is 15.7. The van der Waals surface area contributed by atoms with Crippen LogP contribution in [0.25, 0.3) is 0 Å². The molecule has 1 aromatic rings. The zero-order valence-electron chi connectivity index (χ0n) is 12.2. The van der Waals surface area contributed by atoms with Crippen LogP contribution in [-0.4, -0.2) is 41.3 Å². The number of hydrogen-bond donors (Lipinski definition) is 1. The van der Waals surface area contributed by atoms with Gasteiger partial charge in [0, 0.05) is 29.2 Å². The molecule has 0 aromatic heterocycles. The third-order valence-corrected chi connectivity index (χ3v) is 6.67. The fraction of sp³-hybridized carbons (Fsp3) is 0.500. The van der Waals surface area contributed by atoms with Crippen molar-refractivity contribution in [3.8, 4) is 0 Å². The number of thiocarbonyl (C=S) groups is 1. The lowest BCUT2D eigenvalue weighted by atomic mass is 10.1. The molecule has 116 valence electrons. The van der Waals surface area contributed by atoms with E-state index in [1.807, 2.05) is 11.8 Å². The number of thioether (sulfide) groups is 1. The summed E-state index contributed by atoms with van der Waals surface area (Å²) in [7, 11) is -3.31. The van der Waals surface area contributed by atoms with Crippen molar-refractivity contribution in [3.05, 3.63) is 35.4 Å². The van der Waals surface area contributed by atoms with Crippen molar-refractivity contribution in [2.75, 3.05) is 18.8 Å². The molecule has 2 rings (SSSR count). The summed E-state index contributed by atoms with van der Waals surface area (Å²) in [6.07, 6.45) is 0. The molecule has 1 saturated heterocycles. The van der Waals surface area contributed by atoms with Gasteiger partial charge in [-0.15, -0.1) is 0 Å². The Balaban J connectivity index is 2.17. The van der Waals surface area contributed by atoms with Crippen LogP contribution >= 0.6 is 24.0 Å². The van der Waals surface area contributed by atoms with Gasteiger partial charge in [0.15, 0.2) is 0 Å². The number of nitrogens with two attached hydrogens (primary N) is 1. The predicted molar refractivity (Wildman–Crippen MR) is 93.1 cm³/mol. The first-order valence-corrected chi connectivity index (χ1v) is 9.70. The molecule has 0 atom stereocenters. The molecule has 4 nitrogen and oxygen atoms in total. The molecule has 1 aromatic carbocycles. The first kappa shape index (κ1) is 16.7. The molecule has 0 amide bonds. The highest BCUT2D eigenvalue weighted by Gasteiger charge is 2.33. The fourth-order valence-corrected chi connectivity index (χ4v) is 5.43. The molecule has 0 saturated carbocycles. The van der Waals surface area contributed by atoms with E-state index in [4.69, 9.17) is 18.0 Å². The van der Waals surface area contributed by atoms with Gasteiger partial charge in [0.1, 0.15) is 4.99 Å². The molecular formula is C14H20N2O2S3. The Morgan fingerprint density at radius 2 is 2.19 bits per heavy atom. The summed E-state index contributed by atoms with van der Waals surface area (Å²) in [6.45, 7) is 5.28. The topological polar surface area (TPSA) is 63.4 Å². The highest BCUT2D eigenvalue weighted by molar-refractivity contribution is 8.00. The SMILES string of the molecule is CC1(C)CN(S(=O)(=O)Cc2cccc(C(N)=S)c2)CCS1. The molecule has 1 aliphatic heterocycles. The Morgan fingerprint density at radius 1 is 1.48 bits per heavy atom. The molecule has 0 radical (unpaired) electrons. The quantitative estimate of drug-likeness (QED) is 0.846. The van der Waals surface area contributed by atoms with E-state index in [2.05, 4.69) is 13.8 Å². The Labute approximate surface area is 136 Å². The third-order valence-electron chi connectivity index (χ3n) is 3.34. The first-order valence-electron chi connectivity index (χ1n) is 6.70. The van der Waals surface area contributed by atoms with Gasteiger partial charge in [0.25, 0.3) is 0 Å². The Hall–Kier alpha value is -0.630. The summed E-state index contributed by atoms with van der Waals surface area (Å²) in [4.78, 5) is 0.282. The lowest BCUT2D eigenvalue weighted by Crippen LogP contribution is -2.46. The monoisotopic (exact) mass is 344 g/mol. The molecule has 21 heavy (non-hydrogen) atoms. The molecule has 1 heterocycles. The van der Waals surface area contributed by atoms with Gasteiger partial charge in [-0.1, -0.05) is 30.4 Å². The van der Waals surface area contributed by atoms with Crippen LogP contribution < -0.4 is 5.73 Å². The van der Waals surface area contributed by atoms with Crippen molar-refractivity contribution < 1.29 is 8.42 Å². The van der Waals surface area contributed by atoms with Crippen molar-refractivity contribution >= 4 is 39.0 Å². The molecule has 1 fully saturated rings. The van der Waals surface area contributed by atoms with E-state index in [0.29, 0.717) is 18.7 Å². The van der Waals surface area contributed by atoms with Crippen LogP contribution in [0.4, 0.5) is 0 Å². The van der Waals surface area contributed by atoms with Gasteiger partial charge in [-0.05, 0) is 25.5 Å². The summed E-state index contributed by atoms with van der Waals surface area (Å²) in [5.41, 5.74) is 7.01. The fourth-order valence-electron chi connectivity index (χ4n) is 2.33. The second-order valence-corrected chi connectivity index (χ2v) is 9.97. The lowest BCUT2D eigenvalue weighted by molar-refractivity contribution is 0.387. The van der Waals surface area contributed by atoms with Crippen molar-refractivity contribution in [2.45, 2.75) is 24.3 Å². The normalized spacial score (nSPS) is 19.3. The number of rotatable bonds is 4. The Kier molecular flexibility index (Phi) is 4.97. The summed E-state index contributed by atoms with van der Waals surface area (Å²) < 4.78 is 26.7. The van der Waals surface area contributed by atoms with E-state index in [0.717, 1.165) is 11.3 Å². The van der Waals surface area contributed by atoms with Crippen molar-refractivity contribution in [3.63, 3.8) is 0 Å². The minimum atomic E-state index is -3.31. The second kappa shape index (κ2) is 6.24.